The molecule has 0 radical (unpaired) electrons. The topological polar surface area (TPSA) is 39.7 Å². The van der Waals surface area contributed by atoms with Crippen molar-refractivity contribution in [1.29, 1.82) is 0 Å². The van der Waals surface area contributed by atoms with Crippen LogP contribution in [0.4, 0.5) is 0 Å². The van der Waals surface area contributed by atoms with Crippen molar-refractivity contribution in [3.8, 4) is 0 Å². The molecule has 0 aromatic carbocycles. The smallest absolute Gasteiger partial charge is 0.399 e. The fourth-order valence-corrected chi connectivity index (χ4v) is 7.62. The summed E-state index contributed by atoms with van der Waals surface area (Å²) in [6.07, 6.45) is 4.52. The highest BCUT2D eigenvalue weighted by Gasteiger charge is 2.56. The number of hydrogen-bond acceptors (Lipinski definition) is 5. The van der Waals surface area contributed by atoms with Gasteiger partial charge in [-0.2, -0.15) is 0 Å². The van der Waals surface area contributed by atoms with Crippen molar-refractivity contribution in [1.82, 2.24) is 5.32 Å². The van der Waals surface area contributed by atoms with E-state index in [9.17, 15) is 0 Å². The molecule has 1 atom stereocenters. The van der Waals surface area contributed by atoms with Gasteiger partial charge in [-0.3, -0.25) is 0 Å². The third-order valence-electron chi connectivity index (χ3n) is 5.73. The molecule has 1 aromatic rings. The molecule has 1 aromatic heterocycles. The number of rotatable bonds is 9. The van der Waals surface area contributed by atoms with Gasteiger partial charge < -0.3 is 18.8 Å². The molecule has 1 N–H and O–H groups in total. The highest BCUT2D eigenvalue weighted by atomic mass is 32.3. The van der Waals surface area contributed by atoms with Gasteiger partial charge in [0.15, 0.2) is 0 Å². The van der Waals surface area contributed by atoms with Crippen molar-refractivity contribution in [2.24, 2.45) is 11.3 Å². The lowest BCUT2D eigenvalue weighted by atomic mass is 9.79. The molecule has 1 saturated heterocycles. The Balaban J connectivity index is 1.80. The van der Waals surface area contributed by atoms with Gasteiger partial charge >= 0.3 is 7.12 Å². The van der Waals surface area contributed by atoms with Crippen molar-refractivity contribution in [3.63, 3.8) is 0 Å². The van der Waals surface area contributed by atoms with Gasteiger partial charge in [0, 0.05) is 28.5 Å². The van der Waals surface area contributed by atoms with Gasteiger partial charge in [-0.1, -0.05) is 40.7 Å². The zero-order valence-corrected chi connectivity index (χ0v) is 21.8. The molecular weight excluding hydrogens is 401 g/mol. The van der Waals surface area contributed by atoms with Crippen LogP contribution in [0.5, 0.6) is 0 Å². The zero-order valence-electron chi connectivity index (χ0n) is 20.2. The van der Waals surface area contributed by atoms with Crippen molar-refractivity contribution >= 4 is 33.5 Å². The van der Waals surface area contributed by atoms with Gasteiger partial charge in [0.25, 0.3) is 0 Å². The molecule has 4 nitrogen and oxygen atoms in total. The Hall–Kier alpha value is -0.0451. The molecular formula is C22H42BNO3S2. The van der Waals surface area contributed by atoms with Crippen LogP contribution in [0.1, 0.15) is 60.3 Å². The van der Waals surface area contributed by atoms with Crippen molar-refractivity contribution in [3.05, 3.63) is 17.0 Å². The van der Waals surface area contributed by atoms with Gasteiger partial charge in [-0.05, 0) is 50.7 Å². The van der Waals surface area contributed by atoms with Gasteiger partial charge in [0.05, 0.1) is 17.8 Å². The van der Waals surface area contributed by atoms with Crippen LogP contribution in [-0.2, 0) is 20.0 Å². The second kappa shape index (κ2) is 9.21. The zero-order chi connectivity index (χ0) is 22.1. The molecule has 1 aliphatic rings. The molecule has 0 aliphatic carbocycles. The van der Waals surface area contributed by atoms with E-state index in [4.69, 9.17) is 13.5 Å². The molecule has 1 aliphatic heterocycles. The summed E-state index contributed by atoms with van der Waals surface area (Å²) >= 11 is 1.77. The van der Waals surface area contributed by atoms with E-state index in [-0.39, 0.29) is 18.3 Å². The second-order valence-corrected chi connectivity index (χ2v) is 15.4. The van der Waals surface area contributed by atoms with E-state index < -0.39 is 10.3 Å². The molecule has 7 heteroatoms. The Labute approximate surface area is 185 Å². The Morgan fingerprint density at radius 3 is 2.38 bits per heavy atom. The monoisotopic (exact) mass is 443 g/mol. The molecule has 1 fully saturated rings. The van der Waals surface area contributed by atoms with Crippen molar-refractivity contribution < 1.29 is 13.5 Å². The van der Waals surface area contributed by atoms with E-state index in [1.54, 1.807) is 11.3 Å². The summed E-state index contributed by atoms with van der Waals surface area (Å²) in [7, 11) is -1.27. The molecule has 0 amide bonds. The maximum Gasteiger partial charge on any atom is 0.505 e. The van der Waals surface area contributed by atoms with Gasteiger partial charge in [0.1, 0.15) is 0 Å². The molecule has 0 saturated carbocycles. The van der Waals surface area contributed by atoms with E-state index in [1.165, 1.54) is 4.88 Å². The fourth-order valence-electron chi connectivity index (χ4n) is 3.97. The summed E-state index contributed by atoms with van der Waals surface area (Å²) in [6, 6.07) is 4.31. The van der Waals surface area contributed by atoms with Crippen LogP contribution in [0, 0.1) is 11.3 Å². The van der Waals surface area contributed by atoms with Gasteiger partial charge in [0.2, 0.25) is 0 Å². The van der Waals surface area contributed by atoms with Crippen LogP contribution >= 0.6 is 21.6 Å². The van der Waals surface area contributed by atoms with E-state index in [2.05, 4.69) is 85.4 Å². The third kappa shape index (κ3) is 6.72. The minimum absolute atomic E-state index is 0.277. The molecule has 168 valence electrons. The summed E-state index contributed by atoms with van der Waals surface area (Å²) in [5.74, 6) is 1.51. The van der Waals surface area contributed by atoms with Crippen LogP contribution in [0.15, 0.2) is 12.1 Å². The minimum Gasteiger partial charge on any atom is -0.399 e. The van der Waals surface area contributed by atoms with Gasteiger partial charge in [-0.15, -0.1) is 21.6 Å². The standard InChI is InChI=1S/C22H42BNO3S2/c1-17(2)22(8)21(6,7)26-23(27-22)19-12-11-18(28-19)15-24-13-14-25-29(9,10)16-20(3,4)5/h11-12,17,24H,13-16H2,1-10H3. The molecule has 0 bridgehead atoms. The lowest BCUT2D eigenvalue weighted by molar-refractivity contribution is -0.0435. The summed E-state index contributed by atoms with van der Waals surface area (Å²) in [5.41, 5.74) is -0.294. The highest BCUT2D eigenvalue weighted by Crippen LogP contribution is 2.46. The SMILES string of the molecule is CC(C)C1(C)OB(c2ccc(CNCCOS(C)(C)CC(C)(C)C)s2)OC1(C)C. The second-order valence-electron chi connectivity index (χ2n) is 10.8. The average molecular weight is 444 g/mol. The Bertz CT molecular complexity index is 669. The first kappa shape index (κ1) is 25.2. The predicted molar refractivity (Wildman–Crippen MR) is 131 cm³/mol. The average Bonchev–Trinajstić information content (AvgIpc) is 3.08. The van der Waals surface area contributed by atoms with Crippen LogP contribution in [0.3, 0.4) is 0 Å². The predicted octanol–water partition coefficient (Wildman–Crippen LogP) is 4.81. The molecule has 2 rings (SSSR count). The third-order valence-corrected chi connectivity index (χ3v) is 9.20. The van der Waals surface area contributed by atoms with Gasteiger partial charge in [-0.25, -0.2) is 0 Å². The Kier molecular flexibility index (Phi) is 8.01. The fraction of sp³-hybridized carbons (Fsp3) is 0.818. The van der Waals surface area contributed by atoms with E-state index in [0.29, 0.717) is 11.3 Å². The summed E-state index contributed by atoms with van der Waals surface area (Å²) < 4.78 is 20.0. The quantitative estimate of drug-likeness (QED) is 0.439. The molecule has 29 heavy (non-hydrogen) atoms. The summed E-state index contributed by atoms with van der Waals surface area (Å²) in [5, 5.41) is 3.51. The maximum atomic E-state index is 6.40. The summed E-state index contributed by atoms with van der Waals surface area (Å²) in [6.45, 7) is 20.1. The molecule has 1 unspecified atom stereocenters. The summed E-state index contributed by atoms with van der Waals surface area (Å²) in [4.78, 5) is 1.30. The Morgan fingerprint density at radius 1 is 1.17 bits per heavy atom. The van der Waals surface area contributed by atoms with Crippen LogP contribution in [0.2, 0.25) is 0 Å². The van der Waals surface area contributed by atoms with Crippen LogP contribution < -0.4 is 10.1 Å². The number of hydrogen-bond donors (Lipinski definition) is 1. The number of nitrogens with one attached hydrogen (secondary N) is 1. The first-order chi connectivity index (χ1) is 13.2. The molecule has 0 spiro atoms. The normalized spacial score (nSPS) is 23.2. The van der Waals surface area contributed by atoms with E-state index in [0.717, 1.165) is 30.2 Å². The van der Waals surface area contributed by atoms with E-state index >= 15 is 0 Å². The van der Waals surface area contributed by atoms with Crippen LogP contribution in [-0.4, -0.2) is 49.7 Å². The Morgan fingerprint density at radius 2 is 1.83 bits per heavy atom. The van der Waals surface area contributed by atoms with Crippen molar-refractivity contribution in [2.75, 3.05) is 31.4 Å². The lowest BCUT2D eigenvalue weighted by Crippen LogP contribution is -2.48. The highest BCUT2D eigenvalue weighted by molar-refractivity contribution is 8.28. The first-order valence-electron chi connectivity index (χ1n) is 10.7. The van der Waals surface area contributed by atoms with Crippen molar-refractivity contribution in [2.45, 2.75) is 73.1 Å². The van der Waals surface area contributed by atoms with Crippen LogP contribution in [0.25, 0.3) is 0 Å². The largest absolute Gasteiger partial charge is 0.505 e. The number of thiophene rings is 1. The first-order valence-corrected chi connectivity index (χ1v) is 14.0. The van der Waals surface area contributed by atoms with E-state index in [1.807, 2.05) is 0 Å². The lowest BCUT2D eigenvalue weighted by Gasteiger charge is -2.39. The molecule has 2 heterocycles. The minimum atomic E-state index is -0.991. The maximum absolute atomic E-state index is 6.40.